The molecular formula is C15H20N6O3. The van der Waals surface area contributed by atoms with E-state index in [1.54, 1.807) is 25.3 Å². The number of hydrogen-bond acceptors (Lipinski definition) is 8. The molecule has 0 aromatic carbocycles. The standard InChI is InChI=1S/C15H20N6O3/c1-11-10-13(20-24-11)19-14(22)12-2-3-16-15(18-12)17-4-5-21-6-8-23-9-7-21/h2-3,10H,4-9H2,1H3,(H,16,17,18)(H,19,20,22). The van der Waals surface area contributed by atoms with Crippen LogP contribution in [-0.2, 0) is 4.74 Å². The minimum absolute atomic E-state index is 0.263. The monoisotopic (exact) mass is 332 g/mol. The van der Waals surface area contributed by atoms with Gasteiger partial charge >= 0.3 is 0 Å². The van der Waals surface area contributed by atoms with Crippen LogP contribution in [0.4, 0.5) is 11.8 Å². The maximum absolute atomic E-state index is 12.2. The van der Waals surface area contributed by atoms with Crippen molar-refractivity contribution in [1.82, 2.24) is 20.0 Å². The number of rotatable bonds is 6. The van der Waals surface area contributed by atoms with Crippen LogP contribution in [0.5, 0.6) is 0 Å². The van der Waals surface area contributed by atoms with Crippen molar-refractivity contribution >= 4 is 17.7 Å². The first-order valence-electron chi connectivity index (χ1n) is 7.82. The van der Waals surface area contributed by atoms with Crippen LogP contribution in [-0.4, -0.2) is 65.3 Å². The lowest BCUT2D eigenvalue weighted by Gasteiger charge is -2.26. The average Bonchev–Trinajstić information content (AvgIpc) is 3.01. The minimum Gasteiger partial charge on any atom is -0.379 e. The summed E-state index contributed by atoms with van der Waals surface area (Å²) in [6.07, 6.45) is 1.55. The molecule has 0 bridgehead atoms. The van der Waals surface area contributed by atoms with E-state index in [9.17, 15) is 4.79 Å². The molecule has 1 aliphatic rings. The zero-order valence-corrected chi connectivity index (χ0v) is 13.5. The van der Waals surface area contributed by atoms with Gasteiger partial charge < -0.3 is 19.9 Å². The lowest BCUT2D eigenvalue weighted by Crippen LogP contribution is -2.39. The van der Waals surface area contributed by atoms with E-state index in [-0.39, 0.29) is 11.6 Å². The molecule has 2 aromatic rings. The summed E-state index contributed by atoms with van der Waals surface area (Å²) in [5.74, 6) is 1.05. The van der Waals surface area contributed by atoms with E-state index in [1.165, 1.54) is 0 Å². The third-order valence-corrected chi connectivity index (χ3v) is 3.57. The molecule has 2 N–H and O–H groups in total. The van der Waals surface area contributed by atoms with Gasteiger partial charge in [-0.05, 0) is 13.0 Å². The quantitative estimate of drug-likeness (QED) is 0.799. The van der Waals surface area contributed by atoms with Gasteiger partial charge in [-0.3, -0.25) is 9.69 Å². The summed E-state index contributed by atoms with van der Waals surface area (Å²) in [5, 5.41) is 9.49. The number of carbonyl (C=O) groups excluding carboxylic acids is 1. The molecular weight excluding hydrogens is 312 g/mol. The van der Waals surface area contributed by atoms with Crippen LogP contribution in [0.15, 0.2) is 22.9 Å². The molecule has 128 valence electrons. The highest BCUT2D eigenvalue weighted by Gasteiger charge is 2.12. The van der Waals surface area contributed by atoms with Gasteiger partial charge in [0.15, 0.2) is 5.82 Å². The van der Waals surface area contributed by atoms with Crippen molar-refractivity contribution in [3.05, 3.63) is 29.8 Å². The second kappa shape index (κ2) is 7.84. The van der Waals surface area contributed by atoms with Gasteiger partial charge in [-0.2, -0.15) is 0 Å². The fraction of sp³-hybridized carbons (Fsp3) is 0.467. The highest BCUT2D eigenvalue weighted by molar-refractivity contribution is 6.02. The van der Waals surface area contributed by atoms with Crippen molar-refractivity contribution in [2.75, 3.05) is 50.0 Å². The normalized spacial score (nSPS) is 15.2. The van der Waals surface area contributed by atoms with Gasteiger partial charge in [-0.15, -0.1) is 0 Å². The van der Waals surface area contributed by atoms with E-state index in [4.69, 9.17) is 9.26 Å². The number of amides is 1. The van der Waals surface area contributed by atoms with Crippen LogP contribution in [0.25, 0.3) is 0 Å². The molecule has 3 rings (SSSR count). The van der Waals surface area contributed by atoms with Crippen molar-refractivity contribution in [3.8, 4) is 0 Å². The molecule has 0 aliphatic carbocycles. The van der Waals surface area contributed by atoms with Crippen molar-refractivity contribution in [2.45, 2.75) is 6.92 Å². The predicted octanol–water partition coefficient (Wildman–Crippen LogP) is 0.769. The summed E-state index contributed by atoms with van der Waals surface area (Å²) < 4.78 is 10.2. The number of nitrogens with one attached hydrogen (secondary N) is 2. The smallest absolute Gasteiger partial charge is 0.275 e. The van der Waals surface area contributed by atoms with Crippen molar-refractivity contribution in [1.29, 1.82) is 0 Å². The number of hydrogen-bond donors (Lipinski definition) is 2. The topological polar surface area (TPSA) is 105 Å². The van der Waals surface area contributed by atoms with Gasteiger partial charge in [-0.25, -0.2) is 9.97 Å². The first kappa shape index (κ1) is 16.3. The number of aryl methyl sites for hydroxylation is 1. The third kappa shape index (κ3) is 4.49. The Morgan fingerprint density at radius 2 is 2.21 bits per heavy atom. The Morgan fingerprint density at radius 1 is 1.38 bits per heavy atom. The lowest BCUT2D eigenvalue weighted by molar-refractivity contribution is 0.0398. The van der Waals surface area contributed by atoms with Gasteiger partial charge in [0.25, 0.3) is 5.91 Å². The summed E-state index contributed by atoms with van der Waals surface area (Å²) in [4.78, 5) is 22.8. The Balaban J connectivity index is 1.52. The molecule has 9 heteroatoms. The SMILES string of the molecule is Cc1cc(NC(=O)c2ccnc(NCCN3CCOCC3)n2)no1. The second-order valence-electron chi connectivity index (χ2n) is 5.42. The molecule has 0 atom stereocenters. The number of nitrogens with zero attached hydrogens (tertiary/aromatic N) is 4. The van der Waals surface area contributed by atoms with E-state index in [0.717, 1.165) is 32.8 Å². The molecule has 1 amide bonds. The highest BCUT2D eigenvalue weighted by Crippen LogP contribution is 2.09. The van der Waals surface area contributed by atoms with Gasteiger partial charge in [0.05, 0.1) is 13.2 Å². The Kier molecular flexibility index (Phi) is 5.34. The molecule has 9 nitrogen and oxygen atoms in total. The van der Waals surface area contributed by atoms with Crippen LogP contribution >= 0.6 is 0 Å². The summed E-state index contributed by atoms with van der Waals surface area (Å²) >= 11 is 0. The van der Waals surface area contributed by atoms with Crippen LogP contribution < -0.4 is 10.6 Å². The summed E-state index contributed by atoms with van der Waals surface area (Å²) in [7, 11) is 0. The van der Waals surface area contributed by atoms with Gasteiger partial charge in [0.1, 0.15) is 11.5 Å². The Morgan fingerprint density at radius 3 is 2.96 bits per heavy atom. The predicted molar refractivity (Wildman–Crippen MR) is 87.0 cm³/mol. The van der Waals surface area contributed by atoms with Crippen LogP contribution in [0, 0.1) is 6.92 Å². The number of morpholine rings is 1. The molecule has 24 heavy (non-hydrogen) atoms. The largest absolute Gasteiger partial charge is 0.379 e. The van der Waals surface area contributed by atoms with Crippen LogP contribution in [0.1, 0.15) is 16.2 Å². The Hall–Kier alpha value is -2.52. The van der Waals surface area contributed by atoms with Gasteiger partial charge in [-0.1, -0.05) is 5.16 Å². The van der Waals surface area contributed by atoms with Crippen molar-refractivity contribution in [2.24, 2.45) is 0 Å². The van der Waals surface area contributed by atoms with Crippen molar-refractivity contribution < 1.29 is 14.1 Å². The maximum Gasteiger partial charge on any atom is 0.275 e. The molecule has 2 aromatic heterocycles. The molecule has 0 radical (unpaired) electrons. The van der Waals surface area contributed by atoms with E-state index in [0.29, 0.717) is 24.1 Å². The molecule has 0 spiro atoms. The molecule has 0 saturated carbocycles. The zero-order valence-electron chi connectivity index (χ0n) is 13.5. The summed E-state index contributed by atoms with van der Waals surface area (Å²) in [6, 6.07) is 3.19. The molecule has 1 fully saturated rings. The first-order chi connectivity index (χ1) is 11.7. The molecule has 3 heterocycles. The average molecular weight is 332 g/mol. The van der Waals surface area contributed by atoms with Gasteiger partial charge in [0.2, 0.25) is 5.95 Å². The van der Waals surface area contributed by atoms with Crippen molar-refractivity contribution in [3.63, 3.8) is 0 Å². The number of aromatic nitrogens is 3. The summed E-state index contributed by atoms with van der Waals surface area (Å²) in [6.45, 7) is 6.74. The lowest BCUT2D eigenvalue weighted by atomic mass is 10.3. The maximum atomic E-state index is 12.2. The van der Waals surface area contributed by atoms with E-state index in [1.807, 2.05) is 0 Å². The van der Waals surface area contributed by atoms with Gasteiger partial charge in [0, 0.05) is 38.4 Å². The van der Waals surface area contributed by atoms with E-state index >= 15 is 0 Å². The number of anilines is 2. The number of carbonyl (C=O) groups is 1. The molecule has 0 unspecified atom stereocenters. The zero-order chi connectivity index (χ0) is 16.8. The molecule has 1 saturated heterocycles. The van der Waals surface area contributed by atoms with Crippen LogP contribution in [0.2, 0.25) is 0 Å². The first-order valence-corrected chi connectivity index (χ1v) is 7.82. The minimum atomic E-state index is -0.359. The fourth-order valence-corrected chi connectivity index (χ4v) is 2.33. The fourth-order valence-electron chi connectivity index (χ4n) is 2.33. The second-order valence-corrected chi connectivity index (χ2v) is 5.42. The van der Waals surface area contributed by atoms with E-state index in [2.05, 4.69) is 30.7 Å². The summed E-state index contributed by atoms with van der Waals surface area (Å²) in [5.41, 5.74) is 0.263. The van der Waals surface area contributed by atoms with E-state index < -0.39 is 0 Å². The van der Waals surface area contributed by atoms with Crippen LogP contribution in [0.3, 0.4) is 0 Å². The Labute approximate surface area is 139 Å². The Bertz CT molecular complexity index is 683. The third-order valence-electron chi connectivity index (χ3n) is 3.57. The molecule has 1 aliphatic heterocycles. The number of ether oxygens (including phenoxy) is 1. The highest BCUT2D eigenvalue weighted by atomic mass is 16.5.